The van der Waals surface area contributed by atoms with Crippen LogP contribution in [0.5, 0.6) is 57.5 Å². The summed E-state index contributed by atoms with van der Waals surface area (Å²) in [5.74, 6) is 0.729. The molecule has 24 heteroatoms. The molecule has 9 aliphatic rings. The summed E-state index contributed by atoms with van der Waals surface area (Å²) >= 11 is 0. The number of Topliss-reactive ketones (excluding diaryl/α,β-unsaturated/α-hetero) is 4. The quantitative estimate of drug-likeness (QED) is 0.0291. The van der Waals surface area contributed by atoms with E-state index in [0.29, 0.717) is 119 Å². The third-order valence-electron chi connectivity index (χ3n) is 22.8. The number of carboxylic acids is 1. The molecule has 6 saturated carbocycles. The number of aromatic hydroxyl groups is 7. The Kier molecular flexibility index (Phi) is 25.1. The highest BCUT2D eigenvalue weighted by Crippen LogP contribution is 2.65. The van der Waals surface area contributed by atoms with Crippen molar-refractivity contribution >= 4 is 53.0 Å². The van der Waals surface area contributed by atoms with Crippen molar-refractivity contribution < 1.29 is 117 Å². The maximum absolute atomic E-state index is 12.3. The Hall–Kier alpha value is -9.87. The number of unbranched alkanes of at least 4 members (excludes halogenated alkanes) is 1. The molecule has 0 radical (unpaired) electrons. The predicted molar refractivity (Wildman–Crippen MR) is 389 cm³/mol. The van der Waals surface area contributed by atoms with Crippen molar-refractivity contribution in [2.24, 2.45) is 35.0 Å². The first kappa shape index (κ1) is 81.2. The van der Waals surface area contributed by atoms with E-state index >= 15 is 0 Å². The highest BCUT2D eigenvalue weighted by molar-refractivity contribution is 5.87. The Morgan fingerprint density at radius 3 is 1.07 bits per heavy atom. The number of carboxylic acid groups (broad SMARTS) is 1. The first-order chi connectivity index (χ1) is 50.3. The third-order valence-corrected chi connectivity index (χ3v) is 22.8. The van der Waals surface area contributed by atoms with E-state index in [2.05, 4.69) is 28.1 Å². The maximum Gasteiger partial charge on any atom is 0.310 e. The van der Waals surface area contributed by atoms with E-state index in [1.807, 2.05) is 54.5 Å². The van der Waals surface area contributed by atoms with Gasteiger partial charge in [0, 0.05) is 121 Å². The standard InChI is InChI=1S/C21H28O5.2C18H22O5.C17H20O5.C9H10O4/c1-4-5-8-25-19(24)11-13-9-17(23)20-15-12-14(22)6-7-16(15)21(2,3)26-18(20)10-13;1-18(2)11-8-12(18)13(19)7-10(11)17-14(20)4-9(5-15(17)21)6-16(22)23-3;1-18(2)13-5-4-11(19)9-12(13)17-14(20)6-10(7-15(17)23-18)8-16(21)22-3;1-17(2)12-4-3-10(18)8-11(12)16-13(19)5-9(7-15(20)21)6-14(16)22-17;1-13-9(12)4-6-2-7(10)5-8(11)3-6/h9-10,15-16,23H,4-8,11-12H2,1-3H3;4-5,10-12,20-21H,6-8H2,1-3H3;6-7,12-13,20H,4-5,8-9H2,1-3H3;5-6,11-12,19H,3-4,7-8H2,1-2H3,(H,20,21);2-3,5,10-11H,4H2,1H3/t15-,16?;10-,11-,12+;12-,13?;11-,12?;/m1111./s1. The average Bonchev–Trinajstić information content (AvgIpc) is 0.434. The van der Waals surface area contributed by atoms with Crippen LogP contribution < -0.4 is 14.2 Å². The van der Waals surface area contributed by atoms with Gasteiger partial charge in [-0.25, -0.2) is 0 Å². The summed E-state index contributed by atoms with van der Waals surface area (Å²) in [6, 6.07) is 16.9. The number of phenolic OH excluding ortho intramolecular Hbond substituents is 7. The van der Waals surface area contributed by atoms with Gasteiger partial charge in [-0.1, -0.05) is 27.2 Å². The lowest BCUT2D eigenvalue weighted by atomic mass is 9.44. The largest absolute Gasteiger partial charge is 0.508 e. The number of hydrogen-bond acceptors (Lipinski definition) is 23. The second-order valence-corrected chi connectivity index (χ2v) is 31.7. The minimum absolute atomic E-state index is 0.0154. The average molecular weight is 1480 g/mol. The summed E-state index contributed by atoms with van der Waals surface area (Å²) in [6.45, 7) is 18.7. The number of benzene rings is 5. The van der Waals surface area contributed by atoms with Gasteiger partial charge in [0.2, 0.25) is 0 Å². The maximum atomic E-state index is 12.3. The van der Waals surface area contributed by atoms with Crippen molar-refractivity contribution in [2.45, 2.75) is 218 Å². The summed E-state index contributed by atoms with van der Waals surface area (Å²) in [7, 11) is 3.91. The molecule has 9 atom stereocenters. The second-order valence-electron chi connectivity index (χ2n) is 31.7. The number of aliphatic carboxylic acids is 1. The molecule has 5 aromatic rings. The highest BCUT2D eigenvalue weighted by Gasteiger charge is 2.60. The smallest absolute Gasteiger partial charge is 0.310 e. The van der Waals surface area contributed by atoms with Gasteiger partial charge in [-0.3, -0.25) is 43.2 Å². The molecule has 578 valence electrons. The first-order valence-corrected chi connectivity index (χ1v) is 36.6. The first-order valence-electron chi connectivity index (χ1n) is 36.6. The molecular weight excluding hydrogens is 1380 g/mol. The van der Waals surface area contributed by atoms with Gasteiger partial charge in [0.15, 0.2) is 0 Å². The van der Waals surface area contributed by atoms with Gasteiger partial charge < -0.3 is 74.0 Å². The molecule has 0 spiro atoms. The van der Waals surface area contributed by atoms with Gasteiger partial charge in [-0.05, 0) is 173 Å². The lowest BCUT2D eigenvalue weighted by molar-refractivity contribution is -0.152. The number of rotatable bonds is 14. The number of ketones is 4. The number of hydrogen-bond donors (Lipinski definition) is 8. The molecule has 0 aromatic heterocycles. The molecule has 6 aliphatic carbocycles. The molecule has 0 amide bonds. The Balaban J connectivity index is 0.000000157. The van der Waals surface area contributed by atoms with Crippen LogP contribution in [0.4, 0.5) is 0 Å². The van der Waals surface area contributed by atoms with E-state index in [1.165, 1.54) is 57.7 Å². The van der Waals surface area contributed by atoms with Crippen LogP contribution in [0.3, 0.4) is 0 Å². The topological polar surface area (TPSA) is 380 Å². The molecule has 8 N–H and O–H groups in total. The van der Waals surface area contributed by atoms with E-state index in [4.69, 9.17) is 34.3 Å². The van der Waals surface area contributed by atoms with Crippen LogP contribution in [-0.2, 0) is 94.2 Å². The van der Waals surface area contributed by atoms with E-state index in [1.54, 1.807) is 24.3 Å². The summed E-state index contributed by atoms with van der Waals surface area (Å²) in [6.07, 6.45) is 8.33. The van der Waals surface area contributed by atoms with Crippen LogP contribution in [0, 0.1) is 35.0 Å². The van der Waals surface area contributed by atoms with Crippen LogP contribution >= 0.6 is 0 Å². The van der Waals surface area contributed by atoms with Crippen LogP contribution in [0.25, 0.3) is 0 Å². The van der Waals surface area contributed by atoms with Crippen LogP contribution in [-0.4, -0.2) is 139 Å². The minimum Gasteiger partial charge on any atom is -0.508 e. The fraction of sp³-hybridized carbons (Fsp3) is 0.530. The molecular formula is C83H102O24. The molecule has 3 unspecified atom stereocenters. The zero-order valence-electron chi connectivity index (χ0n) is 63.1. The molecule has 0 saturated heterocycles. The predicted octanol–water partition coefficient (Wildman–Crippen LogP) is 12.6. The second kappa shape index (κ2) is 33.1. The molecule has 107 heavy (non-hydrogen) atoms. The fourth-order valence-corrected chi connectivity index (χ4v) is 17.5. The van der Waals surface area contributed by atoms with Crippen molar-refractivity contribution in [2.75, 3.05) is 27.9 Å². The number of esters is 4. The minimum atomic E-state index is -0.958. The van der Waals surface area contributed by atoms with Crippen molar-refractivity contribution in [3.05, 3.63) is 117 Å². The molecule has 3 heterocycles. The van der Waals surface area contributed by atoms with Gasteiger partial charge in [-0.2, -0.15) is 0 Å². The Labute approximate surface area is 623 Å². The van der Waals surface area contributed by atoms with Gasteiger partial charge in [0.05, 0.1) is 60.0 Å². The molecule has 14 rings (SSSR count). The summed E-state index contributed by atoms with van der Waals surface area (Å²) in [5, 5.41) is 79.3. The Bertz CT molecular complexity index is 4190. The molecule has 3 aliphatic heterocycles. The van der Waals surface area contributed by atoms with Gasteiger partial charge in [-0.15, -0.1) is 0 Å². The number of methoxy groups -OCH3 is 3. The highest BCUT2D eigenvalue weighted by atomic mass is 16.5. The van der Waals surface area contributed by atoms with E-state index in [-0.39, 0.29) is 166 Å². The number of fused-ring (bicyclic) bond motifs is 11. The summed E-state index contributed by atoms with van der Waals surface area (Å²) in [5.41, 5.74) is 3.98. The van der Waals surface area contributed by atoms with E-state index < -0.39 is 34.7 Å². The summed E-state index contributed by atoms with van der Waals surface area (Å²) < 4.78 is 37.3. The summed E-state index contributed by atoms with van der Waals surface area (Å²) in [4.78, 5) is 105. The van der Waals surface area contributed by atoms with Crippen molar-refractivity contribution in [1.29, 1.82) is 0 Å². The van der Waals surface area contributed by atoms with Gasteiger partial charge in [0.25, 0.3) is 0 Å². The van der Waals surface area contributed by atoms with Crippen molar-refractivity contribution in [1.82, 2.24) is 0 Å². The Morgan fingerprint density at radius 1 is 0.421 bits per heavy atom. The van der Waals surface area contributed by atoms with E-state index in [9.17, 15) is 68.7 Å². The third kappa shape index (κ3) is 18.8. The zero-order valence-corrected chi connectivity index (χ0v) is 63.1. The number of carbonyl (C=O) groups excluding carboxylic acids is 8. The number of ether oxygens (including phenoxy) is 7. The lowest BCUT2D eigenvalue weighted by Crippen LogP contribution is -2.56. The monoisotopic (exact) mass is 1480 g/mol. The Morgan fingerprint density at radius 2 is 0.738 bits per heavy atom. The van der Waals surface area contributed by atoms with Gasteiger partial charge in [0.1, 0.15) is 97.4 Å². The molecule has 6 fully saturated rings. The SMILES string of the molecule is CC1(C)Oc2cc(CC(=O)O)cc(O)c2[C@@H]2CC(=O)CCC21.CCCCOC(=O)Cc1cc(O)c2c(c1)OC(C)(C)C1CCC(=O)C[C@@H]21.COC(=O)Cc1cc(O)c([C@@H]2CC(=O)[C@@H]3C[C@H]2C3(C)C)c(O)c1.COC(=O)Cc1cc(O)c2c(c1)OC(C)(C)C1CCC(=O)C[C@@H]21.COC(=O)Cc1cc(O)cc(O)c1. The van der Waals surface area contributed by atoms with Crippen LogP contribution in [0.1, 0.15) is 220 Å². The van der Waals surface area contributed by atoms with Crippen LogP contribution in [0.15, 0.2) is 66.7 Å². The lowest BCUT2D eigenvalue weighted by Gasteiger charge is -2.59. The fourth-order valence-electron chi connectivity index (χ4n) is 17.5. The van der Waals surface area contributed by atoms with Crippen molar-refractivity contribution in [3.8, 4) is 57.5 Å². The van der Waals surface area contributed by atoms with Crippen LogP contribution in [0.2, 0.25) is 0 Å². The zero-order chi connectivity index (χ0) is 78.5. The molecule has 5 aromatic carbocycles. The van der Waals surface area contributed by atoms with Crippen molar-refractivity contribution in [3.63, 3.8) is 0 Å². The number of phenols is 7. The molecule has 24 nitrogen and oxygen atoms in total. The number of carbonyl (C=O) groups is 9. The van der Waals surface area contributed by atoms with Gasteiger partial charge >= 0.3 is 29.8 Å². The van der Waals surface area contributed by atoms with E-state index in [0.717, 1.165) is 38.5 Å². The molecule has 2 bridgehead atoms. The normalized spacial score (nSPS) is 23.6.